The van der Waals surface area contributed by atoms with Gasteiger partial charge in [-0.25, -0.2) is 4.98 Å². The quantitative estimate of drug-likeness (QED) is 0.145. The number of hydrogen-bond acceptors (Lipinski definition) is 13. The van der Waals surface area contributed by atoms with Crippen molar-refractivity contribution in [1.29, 1.82) is 0 Å². The molecule has 6 atom stereocenters. The molecule has 4 saturated carbocycles. The lowest BCUT2D eigenvalue weighted by Crippen LogP contribution is -2.55. The number of nitrogen functional groups attached to an aromatic ring is 1. The van der Waals surface area contributed by atoms with Crippen molar-refractivity contribution in [3.63, 3.8) is 0 Å². The number of anilines is 1. The Kier molecular flexibility index (Phi) is 15.0. The largest absolute Gasteiger partial charge is 0.504 e. The highest BCUT2D eigenvalue weighted by Gasteiger charge is 2.57. The number of carbonyl (C=O) groups is 2. The van der Waals surface area contributed by atoms with E-state index in [1.807, 2.05) is 33.9 Å². The van der Waals surface area contributed by atoms with Gasteiger partial charge in [-0.3, -0.25) is 14.6 Å². The Morgan fingerprint density at radius 3 is 2.52 bits per heavy atom. The minimum Gasteiger partial charge on any atom is -0.504 e. The first-order valence-corrected chi connectivity index (χ1v) is 28.1. The zero-order valence-electron chi connectivity index (χ0n) is 39.9. The molecule has 3 aliphatic heterocycles. The summed E-state index contributed by atoms with van der Waals surface area (Å²) in [4.78, 5) is 37.9. The lowest BCUT2D eigenvalue weighted by atomic mass is 9.78. The monoisotopic (exact) mass is 957 g/mol. The van der Waals surface area contributed by atoms with Gasteiger partial charge < -0.3 is 41.4 Å². The minimum absolute atomic E-state index is 0.0208. The van der Waals surface area contributed by atoms with E-state index in [0.29, 0.717) is 86.5 Å². The highest BCUT2D eigenvalue weighted by atomic mass is 33.1. The van der Waals surface area contributed by atoms with Crippen molar-refractivity contribution >= 4 is 51.3 Å². The van der Waals surface area contributed by atoms with Crippen LogP contribution >= 0.6 is 21.6 Å². The average Bonchev–Trinajstić information content (AvgIpc) is 4.14. The number of benzene rings is 1. The SMILES string of the molecule is CC(=O)OC1CCc2cc(c(O)c3c2C=CC2CCCC2O3)CN2CC(Cc3ccnc(N)c3)(CCN=C(N)NC3(CCCC34CCCC4)SSCC3(CCCCC(O)C1)CCCC3)CC2=O. The molecule has 4 heterocycles. The van der Waals surface area contributed by atoms with E-state index < -0.39 is 17.6 Å². The van der Waals surface area contributed by atoms with Crippen LogP contribution < -0.4 is 21.5 Å². The van der Waals surface area contributed by atoms with Crippen LogP contribution in [-0.2, 0) is 33.7 Å². The molecule has 1 saturated heterocycles. The maximum absolute atomic E-state index is 14.4. The first-order chi connectivity index (χ1) is 32.4. The van der Waals surface area contributed by atoms with Crippen LogP contribution in [0.15, 0.2) is 35.5 Å². The van der Waals surface area contributed by atoms with Gasteiger partial charge in [-0.1, -0.05) is 72.3 Å². The number of esters is 1. The van der Waals surface area contributed by atoms with Crippen molar-refractivity contribution in [2.75, 3.05) is 24.6 Å². The van der Waals surface area contributed by atoms with Gasteiger partial charge in [0.15, 0.2) is 17.5 Å². The predicted octanol–water partition coefficient (Wildman–Crippen LogP) is 9.77. The standard InChI is InChI=1S/C53H76N6O6S2/c1-36(60)64-42-15-13-39-29-40(47(63)48-43(39)16-14-38-10-8-12-44(38)65-48)33-59-34-51(32-46(59)62,31-37-17-26-56-45(54)28-37)25-27-57-49(55)58-53(24-9-23-52(53)21-6-7-22-52)67-66-35-50(19-4-5-20-50)18-3-2-11-41(61)30-42/h14,16-17,26,28-29,38,41-42,44,61,63H,2-13,15,18-25,27,30-35H2,1H3,(H2,54,56)(H3,55,57,58). The molecule has 7 aliphatic rings. The normalized spacial score (nSPS) is 31.5. The third kappa shape index (κ3) is 10.9. The van der Waals surface area contributed by atoms with Gasteiger partial charge >= 0.3 is 5.97 Å². The number of fused-ring (bicyclic) bond motifs is 8. The molecule has 12 nitrogen and oxygen atoms in total. The van der Waals surface area contributed by atoms with Crippen LogP contribution in [0, 0.1) is 22.2 Å². The maximum atomic E-state index is 14.4. The number of guanidine groups is 1. The minimum atomic E-state index is -0.587. The third-order valence-corrected chi connectivity index (χ3v) is 20.5. The van der Waals surface area contributed by atoms with E-state index >= 15 is 0 Å². The highest BCUT2D eigenvalue weighted by molar-refractivity contribution is 8.77. The number of aryl methyl sites for hydroxylation is 1. The van der Waals surface area contributed by atoms with E-state index in [1.54, 1.807) is 6.20 Å². The van der Waals surface area contributed by atoms with Crippen molar-refractivity contribution in [2.24, 2.45) is 32.9 Å². The lowest BCUT2D eigenvalue weighted by molar-refractivity contribution is -0.148. The van der Waals surface area contributed by atoms with Crippen LogP contribution in [-0.4, -0.2) is 80.0 Å². The number of ether oxygens (including phenoxy) is 2. The Morgan fingerprint density at radius 1 is 0.955 bits per heavy atom. The second kappa shape index (κ2) is 20.8. The summed E-state index contributed by atoms with van der Waals surface area (Å²) in [5, 5.41) is 27.5. The van der Waals surface area contributed by atoms with Gasteiger partial charge in [0.05, 0.1) is 6.10 Å². The Balaban J connectivity index is 1.04. The predicted molar refractivity (Wildman–Crippen MR) is 269 cm³/mol. The molecule has 7 N–H and O–H groups in total. The van der Waals surface area contributed by atoms with Gasteiger partial charge in [-0.15, -0.1) is 0 Å². The number of nitrogens with zero attached hydrogens (tertiary/aromatic N) is 3. The van der Waals surface area contributed by atoms with Crippen LogP contribution in [0.5, 0.6) is 11.5 Å². The van der Waals surface area contributed by atoms with E-state index in [4.69, 9.17) is 25.9 Å². The molecule has 5 fully saturated rings. The molecule has 9 rings (SSSR count). The molecule has 4 bridgehead atoms. The molecule has 67 heavy (non-hydrogen) atoms. The number of phenols is 1. The number of aliphatic imine (C=N–C) groups is 1. The molecule has 1 amide bonds. The van der Waals surface area contributed by atoms with Crippen molar-refractivity contribution in [1.82, 2.24) is 15.2 Å². The number of aromatic hydroxyl groups is 1. The summed E-state index contributed by atoms with van der Waals surface area (Å²) in [6.45, 7) is 2.60. The van der Waals surface area contributed by atoms with E-state index in [1.165, 1.54) is 71.1 Å². The van der Waals surface area contributed by atoms with Crippen LogP contribution in [0.2, 0.25) is 0 Å². The fourth-order valence-corrected chi connectivity index (χ4v) is 17.9. The van der Waals surface area contributed by atoms with Gasteiger partial charge in [0, 0.05) is 79.2 Å². The number of aliphatic hydroxyl groups is 1. The van der Waals surface area contributed by atoms with E-state index in [9.17, 15) is 19.8 Å². The van der Waals surface area contributed by atoms with Crippen molar-refractivity contribution in [2.45, 2.75) is 191 Å². The van der Waals surface area contributed by atoms with Crippen molar-refractivity contribution in [3.8, 4) is 11.5 Å². The van der Waals surface area contributed by atoms with Gasteiger partial charge in [-0.2, -0.15) is 0 Å². The van der Waals surface area contributed by atoms with Gasteiger partial charge in [0.2, 0.25) is 5.91 Å². The Hall–Kier alpha value is -3.62. The molecule has 14 heteroatoms. The zero-order valence-corrected chi connectivity index (χ0v) is 41.5. The fourth-order valence-electron chi connectivity index (χ4n) is 13.6. The molecule has 4 aliphatic carbocycles. The van der Waals surface area contributed by atoms with Crippen molar-refractivity contribution < 1.29 is 29.3 Å². The summed E-state index contributed by atoms with van der Waals surface area (Å²) >= 11 is 0. The Morgan fingerprint density at radius 2 is 1.73 bits per heavy atom. The summed E-state index contributed by atoms with van der Waals surface area (Å²) in [6.07, 6.45) is 28.3. The van der Waals surface area contributed by atoms with Crippen LogP contribution in [0.1, 0.15) is 170 Å². The van der Waals surface area contributed by atoms with Crippen LogP contribution in [0.4, 0.5) is 5.82 Å². The number of aromatic nitrogens is 1. The molecule has 6 unspecified atom stereocenters. The van der Waals surface area contributed by atoms with E-state index in [-0.39, 0.29) is 46.5 Å². The molecule has 366 valence electrons. The second-order valence-electron chi connectivity index (χ2n) is 21.9. The summed E-state index contributed by atoms with van der Waals surface area (Å²) < 4.78 is 12.6. The average molecular weight is 957 g/mol. The number of nitrogens with one attached hydrogen (secondary N) is 1. The smallest absolute Gasteiger partial charge is 0.302 e. The number of hydrogen-bond donors (Lipinski definition) is 5. The summed E-state index contributed by atoms with van der Waals surface area (Å²) in [6, 6.07) is 5.91. The third-order valence-electron chi connectivity index (χ3n) is 17.1. The zero-order chi connectivity index (χ0) is 46.7. The van der Waals surface area contributed by atoms with E-state index in [0.717, 1.165) is 67.4 Å². The number of nitrogens with two attached hydrogens (primary N) is 2. The fraction of sp³-hybridized carbons (Fsp3) is 0.698. The highest BCUT2D eigenvalue weighted by Crippen LogP contribution is 2.64. The number of rotatable bonds is 3. The van der Waals surface area contributed by atoms with Crippen LogP contribution in [0.3, 0.4) is 0 Å². The molecule has 3 spiro atoms. The summed E-state index contributed by atoms with van der Waals surface area (Å²) in [5.74, 6) is 2.52. The molecule has 1 aromatic heterocycles. The summed E-state index contributed by atoms with van der Waals surface area (Å²) in [7, 11) is 4.10. The lowest BCUT2D eigenvalue weighted by Gasteiger charge is -2.44. The van der Waals surface area contributed by atoms with Gasteiger partial charge in [0.1, 0.15) is 22.9 Å². The molecule has 2 aromatic rings. The van der Waals surface area contributed by atoms with Crippen molar-refractivity contribution in [3.05, 3.63) is 52.7 Å². The maximum Gasteiger partial charge on any atom is 0.302 e. The number of amides is 1. The molecular formula is C53H76N6O6S2. The molecule has 1 aromatic carbocycles. The van der Waals surface area contributed by atoms with Crippen LogP contribution in [0.25, 0.3) is 6.08 Å². The van der Waals surface area contributed by atoms with Gasteiger partial charge in [0.25, 0.3) is 0 Å². The topological polar surface area (TPSA) is 186 Å². The first kappa shape index (κ1) is 48.4. The molecular weight excluding hydrogens is 881 g/mol. The van der Waals surface area contributed by atoms with E-state index in [2.05, 4.69) is 33.2 Å². The Labute approximate surface area is 406 Å². The number of aliphatic hydroxyl groups excluding tert-OH is 1. The molecule has 0 radical (unpaired) electrons. The summed E-state index contributed by atoms with van der Waals surface area (Å²) in [5.41, 5.74) is 16.7. The second-order valence-corrected chi connectivity index (χ2v) is 24.5. The Bertz CT molecular complexity index is 2150. The van der Waals surface area contributed by atoms with Gasteiger partial charge in [-0.05, 0) is 137 Å². The number of carbonyl (C=O) groups excluding carboxylic acids is 2. The first-order valence-electron chi connectivity index (χ1n) is 25.8. The number of pyridine rings is 1. The number of phenolic OH excluding ortho intramolecular Hbond substituents is 1.